The van der Waals surface area contributed by atoms with Gasteiger partial charge >= 0.3 is 5.97 Å². The first-order valence-corrected chi connectivity index (χ1v) is 11.8. The van der Waals surface area contributed by atoms with Gasteiger partial charge in [-0.3, -0.25) is 14.7 Å². The van der Waals surface area contributed by atoms with Crippen molar-refractivity contribution in [2.75, 3.05) is 56.5 Å². The molecule has 1 amide bonds. The van der Waals surface area contributed by atoms with Crippen molar-refractivity contribution >= 4 is 29.2 Å². The van der Waals surface area contributed by atoms with Crippen molar-refractivity contribution in [3.8, 4) is 0 Å². The van der Waals surface area contributed by atoms with Gasteiger partial charge in [0.05, 0.1) is 24.8 Å². The highest BCUT2D eigenvalue weighted by molar-refractivity contribution is 5.96. The third-order valence-electron chi connectivity index (χ3n) is 6.00. The maximum Gasteiger partial charge on any atom is 0.335 e. The van der Waals surface area contributed by atoms with Gasteiger partial charge in [-0.2, -0.15) is 0 Å². The van der Waals surface area contributed by atoms with Crippen LogP contribution < -0.4 is 10.6 Å². The lowest BCUT2D eigenvalue weighted by molar-refractivity contribution is -0.117. The van der Waals surface area contributed by atoms with Crippen LogP contribution in [0.25, 0.3) is 0 Å². The Bertz CT molecular complexity index is 1050. The lowest BCUT2D eigenvalue weighted by atomic mass is 10.2. The highest BCUT2D eigenvalue weighted by atomic mass is 19.1. The van der Waals surface area contributed by atoms with Gasteiger partial charge in [-0.1, -0.05) is 6.07 Å². The van der Waals surface area contributed by atoms with Crippen LogP contribution in [0.3, 0.4) is 0 Å². The Morgan fingerprint density at radius 1 is 1.06 bits per heavy atom. The lowest BCUT2D eigenvalue weighted by Crippen LogP contribution is -2.52. The third kappa shape index (κ3) is 7.24. The predicted octanol–water partition coefficient (Wildman–Crippen LogP) is 2.73. The summed E-state index contributed by atoms with van der Waals surface area (Å²) in [6.45, 7) is 4.14. The van der Waals surface area contributed by atoms with Crippen LogP contribution in [0.2, 0.25) is 0 Å². The van der Waals surface area contributed by atoms with Gasteiger partial charge in [0.1, 0.15) is 5.82 Å². The third-order valence-corrected chi connectivity index (χ3v) is 6.00. The molecule has 0 aromatic heterocycles. The van der Waals surface area contributed by atoms with Crippen LogP contribution in [-0.4, -0.2) is 84.7 Å². The van der Waals surface area contributed by atoms with E-state index in [2.05, 4.69) is 20.4 Å². The molecule has 2 saturated heterocycles. The standard InChI is InChI=1S/C25H30FN5O4/c26-19-6-8-20(9-7-19)28-23(32)17-30-10-12-31(13-11-30)25(27-16-22-5-2-14-35-22)29-21-4-1-3-18(15-21)24(33)34/h1,3-4,6-9,15,22H,2,5,10-14,16-17H2,(H,27,29)(H,28,32)(H,33,34)/t22-/m0/s1. The van der Waals surface area contributed by atoms with E-state index >= 15 is 0 Å². The largest absolute Gasteiger partial charge is 0.478 e. The van der Waals surface area contributed by atoms with Gasteiger partial charge in [0.15, 0.2) is 5.96 Å². The molecule has 0 radical (unpaired) electrons. The van der Waals surface area contributed by atoms with Crippen molar-refractivity contribution in [1.82, 2.24) is 9.80 Å². The number of amides is 1. The number of carbonyl (C=O) groups excluding carboxylic acids is 1. The Balaban J connectivity index is 1.35. The van der Waals surface area contributed by atoms with E-state index in [4.69, 9.17) is 9.73 Å². The molecule has 2 aromatic carbocycles. The lowest BCUT2D eigenvalue weighted by Gasteiger charge is -2.36. The van der Waals surface area contributed by atoms with Crippen LogP contribution in [0, 0.1) is 5.82 Å². The number of anilines is 2. The number of benzene rings is 2. The molecule has 2 heterocycles. The highest BCUT2D eigenvalue weighted by Crippen LogP contribution is 2.16. The van der Waals surface area contributed by atoms with E-state index in [1.807, 2.05) is 6.07 Å². The van der Waals surface area contributed by atoms with Crippen molar-refractivity contribution in [2.45, 2.75) is 18.9 Å². The number of nitrogens with one attached hydrogen (secondary N) is 2. The summed E-state index contributed by atoms with van der Waals surface area (Å²) in [6.07, 6.45) is 2.10. The Kier molecular flexibility index (Phi) is 8.27. The van der Waals surface area contributed by atoms with Crippen LogP contribution in [0.4, 0.5) is 15.8 Å². The van der Waals surface area contributed by atoms with Crippen molar-refractivity contribution in [3.63, 3.8) is 0 Å². The number of hydrogen-bond acceptors (Lipinski definition) is 5. The van der Waals surface area contributed by atoms with E-state index < -0.39 is 5.97 Å². The van der Waals surface area contributed by atoms with Crippen molar-refractivity contribution < 1.29 is 23.8 Å². The van der Waals surface area contributed by atoms with Crippen LogP contribution in [0.15, 0.2) is 53.5 Å². The molecular weight excluding hydrogens is 453 g/mol. The Labute approximate surface area is 203 Å². The summed E-state index contributed by atoms with van der Waals surface area (Å²) in [5.74, 6) is -0.821. The number of carboxylic acid groups (broad SMARTS) is 1. The summed E-state index contributed by atoms with van der Waals surface area (Å²) in [7, 11) is 0. The summed E-state index contributed by atoms with van der Waals surface area (Å²) < 4.78 is 18.8. The summed E-state index contributed by atoms with van der Waals surface area (Å²) in [5, 5.41) is 15.4. The first kappa shape index (κ1) is 24.6. The maximum absolute atomic E-state index is 13.1. The van der Waals surface area contributed by atoms with Crippen molar-refractivity contribution in [3.05, 3.63) is 59.9 Å². The molecule has 3 N–H and O–H groups in total. The molecule has 0 saturated carbocycles. The zero-order chi connectivity index (χ0) is 24.6. The second-order valence-corrected chi connectivity index (χ2v) is 8.63. The second kappa shape index (κ2) is 11.8. The van der Waals surface area contributed by atoms with Gasteiger partial charge in [-0.25, -0.2) is 9.18 Å². The van der Waals surface area contributed by atoms with Gasteiger partial charge < -0.3 is 25.4 Å². The number of aromatic carboxylic acids is 1. The first-order chi connectivity index (χ1) is 17.0. The van der Waals surface area contributed by atoms with E-state index in [-0.39, 0.29) is 29.9 Å². The van der Waals surface area contributed by atoms with Gasteiger partial charge in [-0.15, -0.1) is 0 Å². The van der Waals surface area contributed by atoms with E-state index in [1.54, 1.807) is 18.2 Å². The van der Waals surface area contributed by atoms with Crippen molar-refractivity contribution in [2.24, 2.45) is 4.99 Å². The fourth-order valence-electron chi connectivity index (χ4n) is 4.11. The zero-order valence-corrected chi connectivity index (χ0v) is 19.5. The summed E-state index contributed by atoms with van der Waals surface area (Å²) in [5.41, 5.74) is 1.41. The van der Waals surface area contributed by atoms with Crippen LogP contribution in [-0.2, 0) is 9.53 Å². The number of rotatable bonds is 7. The smallest absolute Gasteiger partial charge is 0.335 e. The van der Waals surface area contributed by atoms with E-state index in [0.29, 0.717) is 50.1 Å². The molecule has 0 bridgehead atoms. The first-order valence-electron chi connectivity index (χ1n) is 11.8. The number of aliphatic imine (C=N–C) groups is 1. The number of hydrogen-bond donors (Lipinski definition) is 3. The number of guanidine groups is 1. The molecule has 9 nitrogen and oxygen atoms in total. The molecule has 0 spiro atoms. The normalized spacial score (nSPS) is 18.9. The SMILES string of the molecule is O=C(CN1CCN(C(=NC[C@@H]2CCCO2)Nc2cccc(C(=O)O)c2)CC1)Nc1ccc(F)cc1. The summed E-state index contributed by atoms with van der Waals surface area (Å²) in [6, 6.07) is 12.3. The minimum atomic E-state index is -0.987. The fourth-order valence-corrected chi connectivity index (χ4v) is 4.11. The molecule has 10 heteroatoms. The fraction of sp³-hybridized carbons (Fsp3) is 0.400. The second-order valence-electron chi connectivity index (χ2n) is 8.63. The highest BCUT2D eigenvalue weighted by Gasteiger charge is 2.23. The van der Waals surface area contributed by atoms with Gasteiger partial charge in [-0.05, 0) is 55.3 Å². The molecule has 4 rings (SSSR count). The molecule has 2 aliphatic heterocycles. The van der Waals surface area contributed by atoms with Crippen LogP contribution >= 0.6 is 0 Å². The minimum absolute atomic E-state index is 0.0913. The molecule has 2 aliphatic rings. The molecule has 186 valence electrons. The average molecular weight is 484 g/mol. The number of halogens is 1. The van der Waals surface area contributed by atoms with Gasteiger partial charge in [0.25, 0.3) is 0 Å². The number of nitrogens with zero attached hydrogens (tertiary/aromatic N) is 3. The Morgan fingerprint density at radius 3 is 2.51 bits per heavy atom. The van der Waals surface area contributed by atoms with E-state index in [1.165, 1.54) is 24.3 Å². The van der Waals surface area contributed by atoms with Crippen molar-refractivity contribution in [1.29, 1.82) is 0 Å². The van der Waals surface area contributed by atoms with Crippen LogP contribution in [0.5, 0.6) is 0 Å². The topological polar surface area (TPSA) is 107 Å². The molecule has 2 fully saturated rings. The zero-order valence-electron chi connectivity index (χ0n) is 19.5. The van der Waals surface area contributed by atoms with Gasteiger partial charge in [0.2, 0.25) is 5.91 Å². The number of ether oxygens (including phenoxy) is 1. The molecule has 0 aliphatic carbocycles. The molecule has 1 atom stereocenters. The molecule has 0 unspecified atom stereocenters. The number of piperazine rings is 1. The monoisotopic (exact) mass is 483 g/mol. The van der Waals surface area contributed by atoms with E-state index in [0.717, 1.165) is 19.4 Å². The average Bonchev–Trinajstić information content (AvgIpc) is 3.38. The molecular formula is C25H30FN5O4. The summed E-state index contributed by atoms with van der Waals surface area (Å²) >= 11 is 0. The number of carboxylic acids is 1. The maximum atomic E-state index is 13.1. The Hall–Kier alpha value is -3.50. The van der Waals surface area contributed by atoms with Gasteiger partial charge in [0, 0.05) is 44.2 Å². The summed E-state index contributed by atoms with van der Waals surface area (Å²) in [4.78, 5) is 32.7. The van der Waals surface area contributed by atoms with E-state index in [9.17, 15) is 19.1 Å². The molecule has 35 heavy (non-hydrogen) atoms. The quantitative estimate of drug-likeness (QED) is 0.411. The van der Waals surface area contributed by atoms with Crippen LogP contribution in [0.1, 0.15) is 23.2 Å². The molecule has 2 aromatic rings. The Morgan fingerprint density at radius 2 is 1.83 bits per heavy atom. The number of carbonyl (C=O) groups is 2. The predicted molar refractivity (Wildman–Crippen MR) is 131 cm³/mol. The minimum Gasteiger partial charge on any atom is -0.478 e.